The van der Waals surface area contributed by atoms with Gasteiger partial charge in [-0.2, -0.15) is 0 Å². The molecule has 160 valence electrons. The van der Waals surface area contributed by atoms with Crippen molar-refractivity contribution in [2.75, 3.05) is 6.79 Å². The maximum Gasteiger partial charge on any atom is 0.311 e. The van der Waals surface area contributed by atoms with E-state index in [4.69, 9.17) is 14.2 Å². The van der Waals surface area contributed by atoms with Crippen LogP contribution in [0.1, 0.15) is 58.8 Å². The Morgan fingerprint density at radius 1 is 1.00 bits per heavy atom. The van der Waals surface area contributed by atoms with Gasteiger partial charge in [0.2, 0.25) is 0 Å². The summed E-state index contributed by atoms with van der Waals surface area (Å²) in [5.41, 5.74) is 0. The molecule has 6 fully saturated rings. The topological polar surface area (TPSA) is 78.9 Å². The van der Waals surface area contributed by atoms with Crippen molar-refractivity contribution in [1.82, 2.24) is 0 Å². The Balaban J connectivity index is 1.12. The standard InChI is InChI=1S/C23H32O6/c1-3-11(2)22(25)29-19-9-13-4-14(19)17(7-13)23(26)28-10-27-21-16-6-12-5-15(16)20(24)18(21)8-12/h11-19,21H,3-10H2,1-2H3. The molecule has 0 radical (unpaired) electrons. The van der Waals surface area contributed by atoms with E-state index in [0.29, 0.717) is 23.5 Å². The summed E-state index contributed by atoms with van der Waals surface area (Å²) in [5.74, 6) is 1.41. The smallest absolute Gasteiger partial charge is 0.311 e. The number of rotatable bonds is 7. The average molecular weight is 405 g/mol. The highest BCUT2D eigenvalue weighted by Gasteiger charge is 2.60. The molecule has 10 unspecified atom stereocenters. The molecular formula is C23H32O6. The molecule has 6 nitrogen and oxygen atoms in total. The molecule has 6 saturated carbocycles. The predicted molar refractivity (Wildman–Crippen MR) is 102 cm³/mol. The number of ketones is 1. The molecule has 0 aliphatic heterocycles. The summed E-state index contributed by atoms with van der Waals surface area (Å²) in [6, 6.07) is 0. The number of carbonyl (C=O) groups is 3. The van der Waals surface area contributed by atoms with Crippen molar-refractivity contribution in [3.63, 3.8) is 0 Å². The Labute approximate surface area is 172 Å². The van der Waals surface area contributed by atoms with Crippen LogP contribution in [-0.4, -0.2) is 36.7 Å². The largest absolute Gasteiger partial charge is 0.462 e. The Bertz CT molecular complexity index is 703. The van der Waals surface area contributed by atoms with Gasteiger partial charge in [-0.15, -0.1) is 0 Å². The SMILES string of the molecule is CCC(C)C(=O)OC1CC2CC(C(=O)OCOC3C4CC5CC(C4=O)C3C5)C1C2. The van der Waals surface area contributed by atoms with Crippen LogP contribution in [0, 0.1) is 47.3 Å². The third kappa shape index (κ3) is 3.22. The van der Waals surface area contributed by atoms with Crippen LogP contribution >= 0.6 is 0 Å². The summed E-state index contributed by atoms with van der Waals surface area (Å²) in [6.07, 6.45) is 6.21. The number of fused-ring (bicyclic) bond motifs is 2. The minimum absolute atomic E-state index is 0.0167. The van der Waals surface area contributed by atoms with Gasteiger partial charge in [0.15, 0.2) is 6.79 Å². The highest BCUT2D eigenvalue weighted by molar-refractivity contribution is 5.88. The molecule has 0 aromatic rings. The van der Waals surface area contributed by atoms with Crippen LogP contribution in [0.2, 0.25) is 0 Å². The Morgan fingerprint density at radius 3 is 2.45 bits per heavy atom. The van der Waals surface area contributed by atoms with Crippen molar-refractivity contribution in [3.05, 3.63) is 0 Å². The van der Waals surface area contributed by atoms with Crippen LogP contribution in [0.5, 0.6) is 0 Å². The molecule has 0 amide bonds. The monoisotopic (exact) mass is 404 g/mol. The van der Waals surface area contributed by atoms with E-state index in [-0.39, 0.29) is 60.5 Å². The van der Waals surface area contributed by atoms with Crippen molar-refractivity contribution in [2.45, 2.75) is 71.0 Å². The molecule has 0 heterocycles. The Hall–Kier alpha value is -1.43. The molecule has 0 saturated heterocycles. The number of carbonyl (C=O) groups excluding carboxylic acids is 3. The van der Waals surface area contributed by atoms with E-state index in [1.165, 1.54) is 0 Å². The minimum Gasteiger partial charge on any atom is -0.462 e. The fourth-order valence-corrected chi connectivity index (χ4v) is 7.05. The van der Waals surface area contributed by atoms with Crippen LogP contribution in [0.4, 0.5) is 0 Å². The predicted octanol–water partition coefficient (Wildman–Crippen LogP) is 3.12. The lowest BCUT2D eigenvalue weighted by atomic mass is 9.80. The van der Waals surface area contributed by atoms with E-state index in [1.807, 2.05) is 13.8 Å². The average Bonchev–Trinajstić information content (AvgIpc) is 3.43. The first-order valence-corrected chi connectivity index (χ1v) is 11.5. The fourth-order valence-electron chi connectivity index (χ4n) is 7.05. The lowest BCUT2D eigenvalue weighted by molar-refractivity contribution is -0.177. The lowest BCUT2D eigenvalue weighted by Crippen LogP contribution is -2.37. The number of hydrogen-bond acceptors (Lipinski definition) is 6. The molecule has 0 spiro atoms. The first-order chi connectivity index (χ1) is 14.0. The van der Waals surface area contributed by atoms with Crippen molar-refractivity contribution < 1.29 is 28.6 Å². The van der Waals surface area contributed by atoms with E-state index in [2.05, 4.69) is 0 Å². The third-order valence-electron chi connectivity index (χ3n) is 8.65. The molecule has 29 heavy (non-hydrogen) atoms. The van der Waals surface area contributed by atoms with Crippen LogP contribution in [0.25, 0.3) is 0 Å². The summed E-state index contributed by atoms with van der Waals surface area (Å²) in [7, 11) is 0. The molecule has 0 aromatic heterocycles. The van der Waals surface area contributed by atoms with E-state index in [9.17, 15) is 14.4 Å². The van der Waals surface area contributed by atoms with Crippen molar-refractivity contribution in [2.24, 2.45) is 47.3 Å². The highest BCUT2D eigenvalue weighted by Crippen LogP contribution is 2.57. The highest BCUT2D eigenvalue weighted by atomic mass is 16.7. The Kier molecular flexibility index (Phi) is 4.96. The van der Waals surface area contributed by atoms with Crippen LogP contribution in [-0.2, 0) is 28.6 Å². The van der Waals surface area contributed by atoms with E-state index in [0.717, 1.165) is 44.9 Å². The fraction of sp³-hybridized carbons (Fsp3) is 0.870. The molecular weight excluding hydrogens is 372 g/mol. The zero-order valence-electron chi connectivity index (χ0n) is 17.4. The quantitative estimate of drug-likeness (QED) is 0.479. The summed E-state index contributed by atoms with van der Waals surface area (Å²) in [5, 5.41) is 0. The van der Waals surface area contributed by atoms with Crippen molar-refractivity contribution in [1.29, 1.82) is 0 Å². The molecule has 6 rings (SSSR count). The second-order valence-electron chi connectivity index (χ2n) is 10.2. The van der Waals surface area contributed by atoms with Crippen molar-refractivity contribution in [3.8, 4) is 0 Å². The van der Waals surface area contributed by atoms with E-state index < -0.39 is 0 Å². The minimum atomic E-state index is -0.236. The molecule has 10 atom stereocenters. The molecule has 0 N–H and O–H groups in total. The van der Waals surface area contributed by atoms with Gasteiger partial charge in [0, 0.05) is 17.8 Å². The van der Waals surface area contributed by atoms with Gasteiger partial charge in [0.1, 0.15) is 11.9 Å². The van der Waals surface area contributed by atoms with Crippen LogP contribution in [0.15, 0.2) is 0 Å². The normalized spacial score (nSPS) is 45.0. The second-order valence-corrected chi connectivity index (χ2v) is 10.2. The molecule has 6 aliphatic carbocycles. The summed E-state index contributed by atoms with van der Waals surface area (Å²) < 4.78 is 17.2. The van der Waals surface area contributed by atoms with Gasteiger partial charge >= 0.3 is 11.9 Å². The number of Topliss-reactive ketones (excluding diaryl/α,β-unsaturated/α-hetero) is 1. The van der Waals surface area contributed by atoms with Gasteiger partial charge in [0.25, 0.3) is 0 Å². The first kappa shape index (κ1) is 19.5. The number of esters is 2. The Morgan fingerprint density at radius 2 is 1.72 bits per heavy atom. The molecule has 6 aliphatic rings. The van der Waals surface area contributed by atoms with Gasteiger partial charge in [-0.1, -0.05) is 13.8 Å². The van der Waals surface area contributed by atoms with E-state index in [1.54, 1.807) is 0 Å². The molecule has 0 aromatic carbocycles. The third-order valence-corrected chi connectivity index (χ3v) is 8.65. The molecule has 6 heteroatoms. The van der Waals surface area contributed by atoms with Crippen LogP contribution in [0.3, 0.4) is 0 Å². The maximum atomic E-state index is 12.7. The lowest BCUT2D eigenvalue weighted by Gasteiger charge is -2.31. The van der Waals surface area contributed by atoms with E-state index >= 15 is 0 Å². The van der Waals surface area contributed by atoms with Gasteiger partial charge in [-0.3, -0.25) is 14.4 Å². The summed E-state index contributed by atoms with van der Waals surface area (Å²) >= 11 is 0. The second kappa shape index (κ2) is 7.36. The van der Waals surface area contributed by atoms with Gasteiger partial charge < -0.3 is 14.2 Å². The zero-order valence-corrected chi connectivity index (χ0v) is 17.4. The maximum absolute atomic E-state index is 12.7. The van der Waals surface area contributed by atoms with Crippen LogP contribution < -0.4 is 0 Å². The number of hydrogen-bond donors (Lipinski definition) is 0. The summed E-state index contributed by atoms with van der Waals surface area (Å²) in [6.45, 7) is 3.79. The van der Waals surface area contributed by atoms with Gasteiger partial charge in [-0.05, 0) is 62.7 Å². The van der Waals surface area contributed by atoms with Gasteiger partial charge in [0.05, 0.1) is 17.9 Å². The van der Waals surface area contributed by atoms with Crippen molar-refractivity contribution >= 4 is 17.7 Å². The summed E-state index contributed by atoms with van der Waals surface area (Å²) in [4.78, 5) is 37.3. The number of ether oxygens (including phenoxy) is 3. The molecule has 6 bridgehead atoms. The first-order valence-electron chi connectivity index (χ1n) is 11.5. The van der Waals surface area contributed by atoms with Gasteiger partial charge in [-0.25, -0.2) is 0 Å². The zero-order chi connectivity index (χ0) is 20.3.